The smallest absolute Gasteiger partial charge is 0.160 e. The molecule has 0 N–H and O–H groups in total. The van der Waals surface area contributed by atoms with E-state index < -0.39 is 0 Å². The lowest BCUT2D eigenvalue weighted by Crippen LogP contribution is -1.93. The molecule has 0 saturated carbocycles. The molecule has 8 nitrogen and oxygen atoms in total. The van der Waals surface area contributed by atoms with Crippen molar-refractivity contribution in [2.24, 2.45) is 0 Å². The van der Waals surface area contributed by atoms with Crippen LogP contribution in [0.4, 0.5) is 0 Å². The van der Waals surface area contributed by atoms with Gasteiger partial charge in [-0.3, -0.25) is 0 Å². The monoisotopic (exact) mass is 1640 g/mol. The number of rotatable bonds is 4. The van der Waals surface area contributed by atoms with Gasteiger partial charge in [0.1, 0.15) is 39.1 Å². The van der Waals surface area contributed by atoms with Crippen LogP contribution in [0.3, 0.4) is 0 Å². The van der Waals surface area contributed by atoms with Crippen LogP contribution in [0.5, 0.6) is 0 Å². The van der Waals surface area contributed by atoms with Gasteiger partial charge in [-0.05, 0) is 176 Å². The van der Waals surface area contributed by atoms with Crippen LogP contribution in [0.15, 0.2) is 375 Å². The molecule has 24 aromatic rings. The van der Waals surface area contributed by atoms with Crippen LogP contribution in [0.2, 0.25) is 0 Å². The maximum Gasteiger partial charge on any atom is 0.160 e. The van der Waals surface area contributed by atoms with E-state index in [1.165, 1.54) is 87.0 Å². The van der Waals surface area contributed by atoms with E-state index in [9.17, 15) is 0 Å². The summed E-state index contributed by atoms with van der Waals surface area (Å²) in [6, 6.07) is 118. The van der Waals surface area contributed by atoms with Crippen molar-refractivity contribution < 1.29 is 17.7 Å². The largest absolute Gasteiger partial charge is 0.456 e. The molecule has 0 saturated heterocycles. The molecule has 0 aliphatic heterocycles. The molecule has 12 heteroatoms. The van der Waals surface area contributed by atoms with Crippen molar-refractivity contribution in [2.45, 2.75) is 0 Å². The van der Waals surface area contributed by atoms with E-state index in [1.54, 1.807) is 0 Å². The fourth-order valence-electron chi connectivity index (χ4n) is 16.5. The third-order valence-corrected chi connectivity index (χ3v) is 23.0. The third-order valence-electron chi connectivity index (χ3n) is 21.0. The van der Waals surface area contributed by atoms with Gasteiger partial charge in [0.2, 0.25) is 0 Å². The van der Waals surface area contributed by atoms with Crippen molar-refractivity contribution in [1.29, 1.82) is 0 Å². The first-order chi connectivity index (χ1) is 53.2. The molecule has 108 heavy (non-hydrogen) atoms. The average molecular weight is 1650 g/mol. The number of fused-ring (bicyclic) bond motifs is 27. The number of benzene rings is 16. The zero-order valence-corrected chi connectivity index (χ0v) is 63.6. The van der Waals surface area contributed by atoms with Gasteiger partial charge in [0, 0.05) is 133 Å². The van der Waals surface area contributed by atoms with Crippen LogP contribution in [0.1, 0.15) is 0 Å². The number of halogens is 4. The molecule has 8 aromatic heterocycles. The van der Waals surface area contributed by atoms with Gasteiger partial charge < -0.3 is 35.9 Å². The van der Waals surface area contributed by atoms with Crippen molar-refractivity contribution in [1.82, 2.24) is 18.3 Å². The zero-order chi connectivity index (χ0) is 71.8. The standard InChI is InChI=1S/4C24H14BrNO/c25-15-10-13-21-20(14-15)18-11-12-19-17-8-4-5-9-22(17)27-24(19)23(18)26(21)16-6-2-1-3-7-16;25-15-10-11-21-18(12-15)19-13-20-17-8-4-5-9-23(17)27-24(20)14-22(19)26(21)16-6-2-1-3-7-16;25-15-10-11-17-20(14-15)26(16-6-2-1-3-7-16)19-12-13-22-24(23(17)19)18-8-4-5-9-21(18)27-22;25-15-10-11-19-18(14-15)23-20(26(19)16-6-2-1-3-7-16)12-13-22-24(23)17-8-4-5-9-21(17)27-22/h4*1-14H. The van der Waals surface area contributed by atoms with Crippen molar-refractivity contribution in [2.75, 3.05) is 0 Å². The highest BCUT2D eigenvalue weighted by Crippen LogP contribution is 2.47. The predicted molar refractivity (Wildman–Crippen MR) is 463 cm³/mol. The molecule has 24 rings (SSSR count). The Labute approximate surface area is 649 Å². The molecule has 0 aliphatic rings. The second kappa shape index (κ2) is 25.8. The van der Waals surface area contributed by atoms with Gasteiger partial charge in [0.15, 0.2) is 5.58 Å². The van der Waals surface area contributed by atoms with E-state index in [2.05, 4.69) is 361 Å². The molecule has 8 heterocycles. The van der Waals surface area contributed by atoms with Gasteiger partial charge in [-0.2, -0.15) is 0 Å². The molecular weight excluding hydrogens is 1590 g/mol. The summed E-state index contributed by atoms with van der Waals surface area (Å²) in [6.07, 6.45) is 0. The minimum absolute atomic E-state index is 0.919. The van der Waals surface area contributed by atoms with Crippen LogP contribution in [0, 0.1) is 0 Å². The van der Waals surface area contributed by atoms with E-state index in [4.69, 9.17) is 17.7 Å². The normalized spacial score (nSPS) is 11.9. The molecule has 0 aliphatic carbocycles. The van der Waals surface area contributed by atoms with Crippen LogP contribution < -0.4 is 0 Å². The topological polar surface area (TPSA) is 72.3 Å². The Bertz CT molecular complexity index is 7730. The van der Waals surface area contributed by atoms with E-state index in [0.29, 0.717) is 0 Å². The van der Waals surface area contributed by atoms with E-state index in [-0.39, 0.29) is 0 Å². The first-order valence-electron chi connectivity index (χ1n) is 35.6. The lowest BCUT2D eigenvalue weighted by Gasteiger charge is -2.07. The van der Waals surface area contributed by atoms with E-state index >= 15 is 0 Å². The Morgan fingerprint density at radius 3 is 1.06 bits per heavy atom. The fourth-order valence-corrected chi connectivity index (χ4v) is 17.9. The molecule has 0 radical (unpaired) electrons. The van der Waals surface area contributed by atoms with Crippen LogP contribution in [-0.2, 0) is 0 Å². The summed E-state index contributed by atoms with van der Waals surface area (Å²) >= 11 is 14.6. The summed E-state index contributed by atoms with van der Waals surface area (Å²) < 4.78 is 38.4. The fraction of sp³-hybridized carbons (Fsp3) is 0. The third kappa shape index (κ3) is 10.4. The highest BCUT2D eigenvalue weighted by Gasteiger charge is 2.24. The van der Waals surface area contributed by atoms with Crippen LogP contribution >= 0.6 is 63.7 Å². The predicted octanol–water partition coefficient (Wildman–Crippen LogP) is 29.8. The molecule has 0 amide bonds. The van der Waals surface area contributed by atoms with Gasteiger partial charge in [-0.1, -0.05) is 221 Å². The molecule has 0 spiro atoms. The number of aromatic nitrogens is 4. The van der Waals surface area contributed by atoms with Crippen molar-refractivity contribution >= 4 is 239 Å². The Balaban J connectivity index is 0.0000000919. The maximum absolute atomic E-state index is 6.36. The molecule has 0 atom stereocenters. The minimum atomic E-state index is 0.919. The summed E-state index contributed by atoms with van der Waals surface area (Å²) in [4.78, 5) is 0. The maximum atomic E-state index is 6.36. The minimum Gasteiger partial charge on any atom is -0.456 e. The zero-order valence-electron chi connectivity index (χ0n) is 57.3. The highest BCUT2D eigenvalue weighted by molar-refractivity contribution is 9.11. The second-order valence-electron chi connectivity index (χ2n) is 27.1. The highest BCUT2D eigenvalue weighted by atomic mass is 79.9. The summed E-state index contributed by atoms with van der Waals surface area (Å²) in [5.74, 6) is 0. The number of hydrogen-bond donors (Lipinski definition) is 0. The lowest BCUT2D eigenvalue weighted by atomic mass is 10.1. The average Bonchev–Trinajstić information content (AvgIpc) is 1.57. The first-order valence-corrected chi connectivity index (χ1v) is 38.8. The molecule has 512 valence electrons. The summed E-state index contributed by atoms with van der Waals surface area (Å²) in [6.45, 7) is 0. The molecule has 16 aromatic carbocycles. The summed E-state index contributed by atoms with van der Waals surface area (Å²) in [7, 11) is 0. The number of nitrogens with zero attached hydrogens (tertiary/aromatic N) is 4. The van der Waals surface area contributed by atoms with Gasteiger partial charge in [0.25, 0.3) is 0 Å². The van der Waals surface area contributed by atoms with Gasteiger partial charge >= 0.3 is 0 Å². The van der Waals surface area contributed by atoms with Crippen molar-refractivity contribution in [3.05, 3.63) is 358 Å². The molecular formula is C96H56Br4N4O4. The first kappa shape index (κ1) is 64.2. The van der Waals surface area contributed by atoms with Gasteiger partial charge in [-0.15, -0.1) is 0 Å². The summed E-state index contributed by atoms with van der Waals surface area (Å²) in [5, 5.41) is 19.1. The van der Waals surface area contributed by atoms with Crippen molar-refractivity contribution in [3.63, 3.8) is 0 Å². The van der Waals surface area contributed by atoms with Crippen molar-refractivity contribution in [3.8, 4) is 22.7 Å². The molecule has 0 unspecified atom stereocenters. The van der Waals surface area contributed by atoms with E-state index in [0.717, 1.165) is 129 Å². The van der Waals surface area contributed by atoms with Crippen LogP contribution in [0.25, 0.3) is 198 Å². The Hall–Kier alpha value is -12.2. The summed E-state index contributed by atoms with van der Waals surface area (Å²) in [5.41, 5.74) is 21.4. The molecule has 0 fully saturated rings. The molecule has 0 bridgehead atoms. The van der Waals surface area contributed by atoms with Gasteiger partial charge in [0.05, 0.1) is 44.1 Å². The second-order valence-corrected chi connectivity index (χ2v) is 30.8. The lowest BCUT2D eigenvalue weighted by molar-refractivity contribution is 0.669. The number of para-hydroxylation sites is 8. The van der Waals surface area contributed by atoms with Crippen LogP contribution in [-0.4, -0.2) is 18.3 Å². The Morgan fingerprint density at radius 2 is 0.519 bits per heavy atom. The number of hydrogen-bond acceptors (Lipinski definition) is 4. The quantitative estimate of drug-likeness (QED) is 0.176. The number of furan rings is 4. The SMILES string of the molecule is Brc1ccc2c(c1)c1c3c(ccc1n2-c1ccccc1)oc1ccccc13.Brc1ccc2c(c1)c1cc3c(cc1n2-c1ccccc1)oc1ccccc13.Brc1ccc2c(c1)c1ccc3c4ccccc4oc3c1n2-c1ccccc1.Brc1ccc2c3c4c(ccc3n(-c3ccccc3)c2c1)oc1ccccc14. The Morgan fingerprint density at radius 1 is 0.176 bits per heavy atom. The Kier molecular flexibility index (Phi) is 15.4. The van der Waals surface area contributed by atoms with Gasteiger partial charge in [-0.25, -0.2) is 0 Å². The van der Waals surface area contributed by atoms with E-state index in [1.807, 2.05) is 60.7 Å².